The molecule has 80 valence electrons. The van der Waals surface area contributed by atoms with Gasteiger partial charge in [-0.05, 0) is 32.1 Å². The minimum atomic E-state index is -0.296. The Kier molecular flexibility index (Phi) is 4.87. The van der Waals surface area contributed by atoms with Crippen LogP contribution in [0, 0.1) is 0 Å². The summed E-state index contributed by atoms with van der Waals surface area (Å²) >= 11 is 4.82. The van der Waals surface area contributed by atoms with Gasteiger partial charge in [0, 0.05) is 18.6 Å². The predicted octanol–water partition coefficient (Wildman–Crippen LogP) is 2.57. The summed E-state index contributed by atoms with van der Waals surface area (Å²) in [5, 5.41) is -0.00431. The molecule has 1 fully saturated rings. The van der Waals surface area contributed by atoms with E-state index in [1.165, 1.54) is 12.8 Å². The minimum absolute atomic E-state index is 0.00431. The molecule has 0 bridgehead atoms. The quantitative estimate of drug-likeness (QED) is 0.536. The summed E-state index contributed by atoms with van der Waals surface area (Å²) in [5.74, 6) is -0.296. The Balaban J connectivity index is 2.17. The number of carbonyl (C=O) groups excluding carboxylic acids is 1. The first-order valence-corrected chi connectivity index (χ1v) is 5.54. The van der Waals surface area contributed by atoms with Gasteiger partial charge in [-0.1, -0.05) is 6.92 Å². The van der Waals surface area contributed by atoms with E-state index in [9.17, 15) is 4.79 Å². The Morgan fingerprint density at radius 3 is 2.64 bits per heavy atom. The summed E-state index contributed by atoms with van der Waals surface area (Å²) in [5.41, 5.74) is 0. The maximum atomic E-state index is 11.0. The molecule has 0 heterocycles. The van der Waals surface area contributed by atoms with Gasteiger partial charge in [0.15, 0.2) is 0 Å². The van der Waals surface area contributed by atoms with Crippen LogP contribution >= 0.6 is 12.2 Å². The molecular formula is C10H16O3S. The van der Waals surface area contributed by atoms with E-state index in [1.54, 1.807) is 0 Å². The Hall–Kier alpha value is -0.640. The summed E-state index contributed by atoms with van der Waals surface area (Å²) in [6.45, 7) is 1.92. The van der Waals surface area contributed by atoms with E-state index in [-0.39, 0.29) is 17.3 Å². The minimum Gasteiger partial charge on any atom is -0.453 e. The van der Waals surface area contributed by atoms with Gasteiger partial charge in [0.2, 0.25) is 0 Å². The molecule has 1 aliphatic carbocycles. The smallest absolute Gasteiger partial charge is 0.360 e. The normalized spacial score (nSPS) is 16.6. The van der Waals surface area contributed by atoms with Gasteiger partial charge in [0.05, 0.1) is 0 Å². The number of thiocarbonyl (C=S) groups is 1. The number of ether oxygens (including phenoxy) is 2. The molecule has 0 amide bonds. The van der Waals surface area contributed by atoms with Crippen LogP contribution in [0.15, 0.2) is 0 Å². The largest absolute Gasteiger partial charge is 0.453 e. The van der Waals surface area contributed by atoms with Gasteiger partial charge in [-0.25, -0.2) is 0 Å². The Bertz CT molecular complexity index is 209. The average Bonchev–Trinajstić information content (AvgIpc) is 2.56. The number of hydrogen-bond donors (Lipinski definition) is 0. The molecule has 14 heavy (non-hydrogen) atoms. The Morgan fingerprint density at radius 2 is 2.07 bits per heavy atom. The predicted molar refractivity (Wildman–Crippen MR) is 56.9 cm³/mol. The fourth-order valence-electron chi connectivity index (χ4n) is 1.51. The van der Waals surface area contributed by atoms with E-state index < -0.39 is 0 Å². The molecule has 4 heteroatoms. The zero-order chi connectivity index (χ0) is 10.4. The monoisotopic (exact) mass is 216 g/mol. The highest BCUT2D eigenvalue weighted by Gasteiger charge is 2.19. The van der Waals surface area contributed by atoms with Crippen LogP contribution in [0.25, 0.3) is 0 Å². The molecule has 0 N–H and O–H groups in total. The molecule has 1 aliphatic rings. The molecule has 0 aliphatic heterocycles. The topological polar surface area (TPSA) is 35.5 Å². The third kappa shape index (κ3) is 4.05. The Morgan fingerprint density at radius 1 is 1.43 bits per heavy atom. The van der Waals surface area contributed by atoms with Crippen LogP contribution in [-0.4, -0.2) is 17.3 Å². The molecule has 1 saturated carbocycles. The van der Waals surface area contributed by atoms with Gasteiger partial charge in [0.25, 0.3) is 0 Å². The highest BCUT2D eigenvalue weighted by atomic mass is 32.1. The van der Waals surface area contributed by atoms with Crippen LogP contribution in [0.3, 0.4) is 0 Å². The zero-order valence-corrected chi connectivity index (χ0v) is 9.27. The number of rotatable bonds is 3. The zero-order valence-electron chi connectivity index (χ0n) is 8.45. The van der Waals surface area contributed by atoms with E-state index in [0.29, 0.717) is 6.42 Å². The maximum absolute atomic E-state index is 11.0. The third-order valence-corrected chi connectivity index (χ3v) is 2.40. The van der Waals surface area contributed by atoms with Crippen molar-refractivity contribution in [3.63, 3.8) is 0 Å². The SMILES string of the molecule is CCCC(=O)OC(=S)OC1CCCC1. The molecule has 0 saturated heterocycles. The lowest BCUT2D eigenvalue weighted by molar-refractivity contribution is -0.137. The molecule has 0 spiro atoms. The van der Waals surface area contributed by atoms with E-state index in [0.717, 1.165) is 19.3 Å². The summed E-state index contributed by atoms with van der Waals surface area (Å²) in [6, 6.07) is 0. The van der Waals surface area contributed by atoms with Crippen molar-refractivity contribution >= 4 is 23.4 Å². The fourth-order valence-corrected chi connectivity index (χ4v) is 1.74. The molecular weight excluding hydrogens is 200 g/mol. The van der Waals surface area contributed by atoms with Crippen LogP contribution < -0.4 is 0 Å². The number of carbonyl (C=O) groups is 1. The van der Waals surface area contributed by atoms with Crippen molar-refractivity contribution in [3.05, 3.63) is 0 Å². The van der Waals surface area contributed by atoms with Gasteiger partial charge in [-0.2, -0.15) is 0 Å². The van der Waals surface area contributed by atoms with Crippen LogP contribution in [0.1, 0.15) is 45.4 Å². The van der Waals surface area contributed by atoms with Gasteiger partial charge in [-0.15, -0.1) is 0 Å². The average molecular weight is 216 g/mol. The van der Waals surface area contributed by atoms with Crippen molar-refractivity contribution in [3.8, 4) is 0 Å². The maximum Gasteiger partial charge on any atom is 0.360 e. The lowest BCUT2D eigenvalue weighted by atomic mass is 10.3. The molecule has 1 rings (SSSR count). The number of hydrogen-bond acceptors (Lipinski definition) is 4. The summed E-state index contributed by atoms with van der Waals surface area (Å²) in [4.78, 5) is 11.0. The van der Waals surface area contributed by atoms with Crippen LogP contribution in [0.5, 0.6) is 0 Å². The lowest BCUT2D eigenvalue weighted by Gasteiger charge is -2.12. The summed E-state index contributed by atoms with van der Waals surface area (Å²) in [6.07, 6.45) is 5.72. The van der Waals surface area contributed by atoms with Crippen molar-refractivity contribution in [2.24, 2.45) is 0 Å². The van der Waals surface area contributed by atoms with Crippen molar-refractivity contribution in [2.45, 2.75) is 51.6 Å². The molecule has 0 aromatic rings. The van der Waals surface area contributed by atoms with E-state index in [2.05, 4.69) is 0 Å². The molecule has 0 atom stereocenters. The molecule has 0 aromatic carbocycles. The van der Waals surface area contributed by atoms with E-state index >= 15 is 0 Å². The van der Waals surface area contributed by atoms with Crippen LogP contribution in [0.4, 0.5) is 0 Å². The fraction of sp³-hybridized carbons (Fsp3) is 0.800. The molecule has 0 radical (unpaired) electrons. The van der Waals surface area contributed by atoms with Crippen LogP contribution in [0.2, 0.25) is 0 Å². The summed E-state index contributed by atoms with van der Waals surface area (Å²) in [7, 11) is 0. The van der Waals surface area contributed by atoms with Crippen molar-refractivity contribution in [2.75, 3.05) is 0 Å². The van der Waals surface area contributed by atoms with E-state index in [4.69, 9.17) is 21.7 Å². The van der Waals surface area contributed by atoms with Gasteiger partial charge < -0.3 is 9.47 Å². The van der Waals surface area contributed by atoms with Gasteiger partial charge in [-0.3, -0.25) is 4.79 Å². The van der Waals surface area contributed by atoms with Crippen molar-refractivity contribution in [1.82, 2.24) is 0 Å². The standard InChI is InChI=1S/C10H16O3S/c1-2-5-9(11)13-10(14)12-8-6-3-4-7-8/h8H,2-7H2,1H3. The summed E-state index contributed by atoms with van der Waals surface area (Å²) < 4.78 is 10.1. The first-order valence-electron chi connectivity index (χ1n) is 5.13. The highest BCUT2D eigenvalue weighted by Crippen LogP contribution is 2.21. The van der Waals surface area contributed by atoms with Crippen molar-refractivity contribution < 1.29 is 14.3 Å². The first-order chi connectivity index (χ1) is 6.72. The molecule has 0 aromatic heterocycles. The molecule has 0 unspecified atom stereocenters. The first kappa shape index (κ1) is 11.4. The van der Waals surface area contributed by atoms with E-state index in [1.807, 2.05) is 6.92 Å². The van der Waals surface area contributed by atoms with Crippen molar-refractivity contribution in [1.29, 1.82) is 0 Å². The second kappa shape index (κ2) is 5.96. The lowest BCUT2D eigenvalue weighted by Crippen LogP contribution is -2.18. The third-order valence-electron chi connectivity index (χ3n) is 2.22. The van der Waals surface area contributed by atoms with Crippen LogP contribution in [-0.2, 0) is 14.3 Å². The second-order valence-corrected chi connectivity index (χ2v) is 3.83. The molecule has 3 nitrogen and oxygen atoms in total. The highest BCUT2D eigenvalue weighted by molar-refractivity contribution is 7.79. The Labute approximate surface area is 89.8 Å². The second-order valence-electron chi connectivity index (χ2n) is 3.50. The van der Waals surface area contributed by atoms with Gasteiger partial charge in [0.1, 0.15) is 6.10 Å². The number of esters is 1. The van der Waals surface area contributed by atoms with Gasteiger partial charge >= 0.3 is 11.2 Å².